The molecule has 0 saturated heterocycles. The third-order valence-electron chi connectivity index (χ3n) is 2.08. The van der Waals surface area contributed by atoms with Gasteiger partial charge in [-0.15, -0.1) is 0 Å². The van der Waals surface area contributed by atoms with Crippen LogP contribution in [0.2, 0.25) is 0 Å². The van der Waals surface area contributed by atoms with Crippen molar-refractivity contribution in [3.8, 4) is 0 Å². The SMILES string of the molecule is CCOC(=Cc1ccccc1)CCCN. The van der Waals surface area contributed by atoms with Gasteiger partial charge in [-0.3, -0.25) is 0 Å². The van der Waals surface area contributed by atoms with Gasteiger partial charge in [-0.2, -0.15) is 0 Å². The highest BCUT2D eigenvalue weighted by Crippen LogP contribution is 2.12. The zero-order valence-corrected chi connectivity index (χ0v) is 9.28. The zero-order chi connectivity index (χ0) is 10.9. The molecule has 1 aromatic carbocycles. The maximum Gasteiger partial charge on any atom is 0.0966 e. The van der Waals surface area contributed by atoms with E-state index in [0.29, 0.717) is 13.2 Å². The van der Waals surface area contributed by atoms with Gasteiger partial charge in [0.25, 0.3) is 0 Å². The van der Waals surface area contributed by atoms with Gasteiger partial charge in [-0.05, 0) is 31.5 Å². The molecule has 82 valence electrons. The highest BCUT2D eigenvalue weighted by molar-refractivity contribution is 5.50. The molecule has 2 nitrogen and oxygen atoms in total. The highest BCUT2D eigenvalue weighted by atomic mass is 16.5. The summed E-state index contributed by atoms with van der Waals surface area (Å²) in [4.78, 5) is 0. The maximum atomic E-state index is 5.55. The number of benzene rings is 1. The smallest absolute Gasteiger partial charge is 0.0966 e. The number of nitrogens with two attached hydrogens (primary N) is 1. The van der Waals surface area contributed by atoms with Gasteiger partial charge in [0.15, 0.2) is 0 Å². The summed E-state index contributed by atoms with van der Waals surface area (Å²) in [5.41, 5.74) is 6.66. The third kappa shape index (κ3) is 4.66. The first kappa shape index (κ1) is 11.8. The van der Waals surface area contributed by atoms with E-state index >= 15 is 0 Å². The van der Waals surface area contributed by atoms with Crippen molar-refractivity contribution in [3.63, 3.8) is 0 Å². The van der Waals surface area contributed by atoms with E-state index in [9.17, 15) is 0 Å². The minimum absolute atomic E-state index is 0.708. The Morgan fingerprint density at radius 3 is 2.67 bits per heavy atom. The van der Waals surface area contributed by atoms with Gasteiger partial charge < -0.3 is 10.5 Å². The molecule has 0 fully saturated rings. The number of allylic oxidation sites excluding steroid dienone is 1. The summed E-state index contributed by atoms with van der Waals surface area (Å²) in [6, 6.07) is 10.2. The molecule has 0 unspecified atom stereocenters. The van der Waals surface area contributed by atoms with Crippen molar-refractivity contribution in [2.24, 2.45) is 5.73 Å². The average Bonchev–Trinajstić information content (AvgIpc) is 2.28. The van der Waals surface area contributed by atoms with E-state index in [2.05, 4.69) is 18.2 Å². The minimum atomic E-state index is 0.708. The van der Waals surface area contributed by atoms with Crippen molar-refractivity contribution >= 4 is 6.08 Å². The fourth-order valence-electron chi connectivity index (χ4n) is 1.38. The van der Waals surface area contributed by atoms with Crippen molar-refractivity contribution in [1.82, 2.24) is 0 Å². The van der Waals surface area contributed by atoms with Crippen LogP contribution in [0.4, 0.5) is 0 Å². The lowest BCUT2D eigenvalue weighted by Gasteiger charge is -2.07. The summed E-state index contributed by atoms with van der Waals surface area (Å²) in [6.07, 6.45) is 3.97. The van der Waals surface area contributed by atoms with Gasteiger partial charge in [0.1, 0.15) is 0 Å². The van der Waals surface area contributed by atoms with Gasteiger partial charge in [0.2, 0.25) is 0 Å². The summed E-state index contributed by atoms with van der Waals surface area (Å²) >= 11 is 0. The molecule has 0 atom stereocenters. The van der Waals surface area contributed by atoms with Crippen LogP contribution < -0.4 is 5.73 Å². The Hall–Kier alpha value is -1.28. The number of rotatable bonds is 6. The second kappa shape index (κ2) is 7.07. The molecule has 0 aliphatic carbocycles. The molecule has 2 N–H and O–H groups in total. The lowest BCUT2D eigenvalue weighted by Crippen LogP contribution is -2.00. The van der Waals surface area contributed by atoms with Crippen molar-refractivity contribution < 1.29 is 4.74 Å². The fourth-order valence-corrected chi connectivity index (χ4v) is 1.38. The number of ether oxygens (including phenoxy) is 1. The van der Waals surface area contributed by atoms with Crippen LogP contribution in [0.15, 0.2) is 36.1 Å². The Balaban J connectivity index is 2.65. The Morgan fingerprint density at radius 1 is 1.33 bits per heavy atom. The molecule has 0 heterocycles. The van der Waals surface area contributed by atoms with E-state index in [-0.39, 0.29) is 0 Å². The lowest BCUT2D eigenvalue weighted by molar-refractivity contribution is 0.221. The number of hydrogen-bond donors (Lipinski definition) is 1. The summed E-state index contributed by atoms with van der Waals surface area (Å²) in [7, 11) is 0. The van der Waals surface area contributed by atoms with E-state index in [1.807, 2.05) is 25.1 Å². The summed E-state index contributed by atoms with van der Waals surface area (Å²) in [5.74, 6) is 1.02. The Morgan fingerprint density at radius 2 is 2.07 bits per heavy atom. The Labute approximate surface area is 91.7 Å². The van der Waals surface area contributed by atoms with Crippen LogP contribution in [0, 0.1) is 0 Å². The molecular formula is C13H19NO. The normalized spacial score (nSPS) is 11.5. The predicted octanol–water partition coefficient (Wildman–Crippen LogP) is 2.80. The van der Waals surface area contributed by atoms with Crippen LogP contribution in [0.3, 0.4) is 0 Å². The van der Waals surface area contributed by atoms with Crippen LogP contribution in [0.25, 0.3) is 6.08 Å². The molecule has 1 rings (SSSR count). The summed E-state index contributed by atoms with van der Waals surface area (Å²) < 4.78 is 5.55. The average molecular weight is 205 g/mol. The van der Waals surface area contributed by atoms with Crippen LogP contribution in [0.5, 0.6) is 0 Å². The molecule has 0 spiro atoms. The molecule has 0 amide bonds. The second-order valence-electron chi connectivity index (χ2n) is 3.35. The van der Waals surface area contributed by atoms with Crippen molar-refractivity contribution in [1.29, 1.82) is 0 Å². The molecule has 0 aliphatic rings. The van der Waals surface area contributed by atoms with Gasteiger partial charge in [0.05, 0.1) is 12.4 Å². The molecule has 1 aromatic rings. The van der Waals surface area contributed by atoms with Gasteiger partial charge in [-0.1, -0.05) is 30.3 Å². The number of hydrogen-bond acceptors (Lipinski definition) is 2. The largest absolute Gasteiger partial charge is 0.498 e. The Bertz CT molecular complexity index is 293. The van der Waals surface area contributed by atoms with Crippen LogP contribution >= 0.6 is 0 Å². The zero-order valence-electron chi connectivity index (χ0n) is 9.28. The molecular weight excluding hydrogens is 186 g/mol. The van der Waals surface area contributed by atoms with Gasteiger partial charge in [0, 0.05) is 6.42 Å². The van der Waals surface area contributed by atoms with E-state index in [4.69, 9.17) is 10.5 Å². The van der Waals surface area contributed by atoms with Crippen molar-refractivity contribution in [3.05, 3.63) is 41.7 Å². The van der Waals surface area contributed by atoms with Crippen molar-refractivity contribution in [2.75, 3.05) is 13.2 Å². The predicted molar refractivity (Wildman–Crippen MR) is 64.3 cm³/mol. The topological polar surface area (TPSA) is 35.2 Å². The highest BCUT2D eigenvalue weighted by Gasteiger charge is 1.97. The summed E-state index contributed by atoms with van der Waals surface area (Å²) in [6.45, 7) is 3.42. The first-order valence-corrected chi connectivity index (χ1v) is 5.45. The standard InChI is InChI=1S/C13H19NO/c1-2-15-13(9-6-10-14)11-12-7-4-3-5-8-12/h3-5,7-8,11H,2,6,9-10,14H2,1H3. The molecule has 15 heavy (non-hydrogen) atoms. The first-order valence-electron chi connectivity index (χ1n) is 5.45. The van der Waals surface area contributed by atoms with Crippen LogP contribution in [-0.4, -0.2) is 13.2 Å². The molecule has 2 heteroatoms. The molecule has 0 aliphatic heterocycles. The first-order chi connectivity index (χ1) is 7.36. The quantitative estimate of drug-likeness (QED) is 0.725. The second-order valence-corrected chi connectivity index (χ2v) is 3.35. The molecule has 0 saturated carbocycles. The van der Waals surface area contributed by atoms with E-state index in [1.54, 1.807) is 0 Å². The van der Waals surface area contributed by atoms with E-state index < -0.39 is 0 Å². The van der Waals surface area contributed by atoms with Gasteiger partial charge >= 0.3 is 0 Å². The third-order valence-corrected chi connectivity index (χ3v) is 2.08. The monoisotopic (exact) mass is 205 g/mol. The Kier molecular flexibility index (Phi) is 5.56. The summed E-state index contributed by atoms with van der Waals surface area (Å²) in [5, 5.41) is 0. The van der Waals surface area contributed by atoms with Gasteiger partial charge in [-0.25, -0.2) is 0 Å². The molecule has 0 radical (unpaired) electrons. The molecule has 0 aromatic heterocycles. The molecule has 0 bridgehead atoms. The lowest BCUT2D eigenvalue weighted by atomic mass is 10.1. The fraction of sp³-hybridized carbons (Fsp3) is 0.385. The minimum Gasteiger partial charge on any atom is -0.498 e. The maximum absolute atomic E-state index is 5.55. The van der Waals surface area contributed by atoms with Crippen LogP contribution in [0.1, 0.15) is 25.3 Å². The van der Waals surface area contributed by atoms with E-state index in [0.717, 1.165) is 18.6 Å². The van der Waals surface area contributed by atoms with E-state index in [1.165, 1.54) is 5.56 Å². The van der Waals surface area contributed by atoms with Crippen molar-refractivity contribution in [2.45, 2.75) is 19.8 Å². The van der Waals surface area contributed by atoms with Crippen LogP contribution in [-0.2, 0) is 4.74 Å².